The first-order valence-electron chi connectivity index (χ1n) is 17.3. The highest BCUT2D eigenvalue weighted by Gasteiger charge is 2.23. The maximum Gasteiger partial charge on any atom is 0.197 e. The second-order valence-electron chi connectivity index (χ2n) is 12.7. The molecule has 0 N–H and O–H groups in total. The number of hydrogen-bond donors (Lipinski definition) is 0. The fraction of sp³-hybridized carbons (Fsp3) is 0. The summed E-state index contributed by atoms with van der Waals surface area (Å²) in [6.07, 6.45) is 1.64. The minimum absolute atomic E-state index is 0.654. The van der Waals surface area contributed by atoms with Crippen molar-refractivity contribution >= 4 is 78.0 Å². The Labute approximate surface area is 300 Å². The average Bonchev–Trinajstić information content (AvgIpc) is 3.75. The monoisotopic (exact) mass is 669 g/mol. The second kappa shape index (κ2) is 12.3. The number of aromatic nitrogens is 3. The van der Waals surface area contributed by atoms with Crippen molar-refractivity contribution in [2.75, 3.05) is 9.80 Å². The van der Waals surface area contributed by atoms with E-state index in [1.165, 1.54) is 0 Å². The number of rotatable bonds is 7. The van der Waals surface area contributed by atoms with E-state index in [1.54, 1.807) is 6.33 Å². The van der Waals surface area contributed by atoms with Crippen molar-refractivity contribution in [3.8, 4) is 5.82 Å². The van der Waals surface area contributed by atoms with Crippen LogP contribution in [-0.2, 0) is 0 Å². The van der Waals surface area contributed by atoms with E-state index in [2.05, 4.69) is 177 Å². The molecule has 0 amide bonds. The molecular formula is C46H31N5O. The number of para-hydroxylation sites is 5. The summed E-state index contributed by atoms with van der Waals surface area (Å²) in [5.74, 6) is 0.702. The third kappa shape index (κ3) is 4.88. The van der Waals surface area contributed by atoms with Gasteiger partial charge in [0.05, 0.1) is 11.0 Å². The van der Waals surface area contributed by atoms with Gasteiger partial charge >= 0.3 is 0 Å². The Hall–Kier alpha value is -7.18. The fourth-order valence-corrected chi connectivity index (χ4v) is 7.38. The quantitative estimate of drug-likeness (QED) is 0.169. The molecule has 0 aliphatic heterocycles. The van der Waals surface area contributed by atoms with Gasteiger partial charge < -0.3 is 14.2 Å². The molecule has 0 fully saturated rings. The summed E-state index contributed by atoms with van der Waals surface area (Å²) in [5.41, 5.74) is 10.7. The van der Waals surface area contributed by atoms with Crippen LogP contribution in [0.3, 0.4) is 0 Å². The Morgan fingerprint density at radius 2 is 0.846 bits per heavy atom. The van der Waals surface area contributed by atoms with Gasteiger partial charge in [0.25, 0.3) is 0 Å². The standard InChI is InChI=1S/C46H31N5O/c1-5-15-32(16-6-1)49(33-17-7-2-8-18-33)36-25-27-41-39(29-36)40-30-37(50(34-19-9-3-10-20-34)35-21-11-4-12-22-35)26-28-42(40)51(41)46-45-44(47-31-48-46)38-23-13-14-24-43(38)52-45/h1-31H. The van der Waals surface area contributed by atoms with Crippen LogP contribution < -0.4 is 9.80 Å². The second-order valence-corrected chi connectivity index (χ2v) is 12.7. The summed E-state index contributed by atoms with van der Waals surface area (Å²) < 4.78 is 8.72. The molecule has 0 atom stereocenters. The maximum absolute atomic E-state index is 6.50. The van der Waals surface area contributed by atoms with Crippen LogP contribution in [0.1, 0.15) is 0 Å². The zero-order chi connectivity index (χ0) is 34.4. The van der Waals surface area contributed by atoms with Crippen molar-refractivity contribution in [3.63, 3.8) is 0 Å². The van der Waals surface area contributed by atoms with Gasteiger partial charge in [0.2, 0.25) is 0 Å². The first kappa shape index (κ1) is 29.7. The van der Waals surface area contributed by atoms with Crippen LogP contribution >= 0.6 is 0 Å². The van der Waals surface area contributed by atoms with E-state index in [-0.39, 0.29) is 0 Å². The highest BCUT2D eigenvalue weighted by atomic mass is 16.3. The molecule has 7 aromatic carbocycles. The van der Waals surface area contributed by atoms with Crippen LogP contribution in [0.5, 0.6) is 0 Å². The number of benzene rings is 7. The molecule has 0 aliphatic rings. The number of hydrogen-bond acceptors (Lipinski definition) is 5. The molecule has 10 rings (SSSR count). The molecule has 3 heterocycles. The predicted octanol–water partition coefficient (Wildman–Crippen LogP) is 12.4. The molecular weight excluding hydrogens is 639 g/mol. The molecule has 52 heavy (non-hydrogen) atoms. The van der Waals surface area contributed by atoms with Gasteiger partial charge in [-0.15, -0.1) is 0 Å². The van der Waals surface area contributed by atoms with E-state index in [4.69, 9.17) is 9.40 Å². The topological polar surface area (TPSA) is 50.3 Å². The molecule has 10 aromatic rings. The highest BCUT2D eigenvalue weighted by molar-refractivity contribution is 6.13. The summed E-state index contributed by atoms with van der Waals surface area (Å²) in [4.78, 5) is 14.2. The molecule has 246 valence electrons. The van der Waals surface area contributed by atoms with Crippen molar-refractivity contribution in [1.82, 2.24) is 14.5 Å². The van der Waals surface area contributed by atoms with E-state index in [0.29, 0.717) is 11.4 Å². The van der Waals surface area contributed by atoms with Gasteiger partial charge in [-0.3, -0.25) is 4.57 Å². The lowest BCUT2D eigenvalue weighted by molar-refractivity contribution is 0.662. The van der Waals surface area contributed by atoms with Gasteiger partial charge in [0.15, 0.2) is 11.4 Å². The van der Waals surface area contributed by atoms with Crippen molar-refractivity contribution in [2.45, 2.75) is 0 Å². The van der Waals surface area contributed by atoms with Crippen molar-refractivity contribution in [3.05, 3.63) is 188 Å². The zero-order valence-corrected chi connectivity index (χ0v) is 28.0. The van der Waals surface area contributed by atoms with E-state index >= 15 is 0 Å². The van der Waals surface area contributed by atoms with Crippen LogP contribution in [0.2, 0.25) is 0 Å². The molecule has 0 saturated carbocycles. The number of nitrogens with zero attached hydrogens (tertiary/aromatic N) is 5. The molecule has 0 spiro atoms. The van der Waals surface area contributed by atoms with E-state index in [0.717, 1.165) is 72.4 Å². The van der Waals surface area contributed by atoms with Gasteiger partial charge in [0, 0.05) is 50.3 Å². The Balaban J connectivity index is 1.27. The zero-order valence-electron chi connectivity index (χ0n) is 28.0. The SMILES string of the molecule is c1ccc(N(c2ccccc2)c2ccc3c(c2)c2cc(N(c4ccccc4)c4ccccc4)ccc2n3-c2ncnc3c2oc2ccccc23)cc1. The third-order valence-corrected chi connectivity index (χ3v) is 9.66. The van der Waals surface area contributed by atoms with Crippen LogP contribution in [0.15, 0.2) is 193 Å². The molecule has 0 bridgehead atoms. The van der Waals surface area contributed by atoms with Crippen LogP contribution in [0, 0.1) is 0 Å². The molecule has 0 unspecified atom stereocenters. The Morgan fingerprint density at radius 1 is 0.404 bits per heavy atom. The van der Waals surface area contributed by atoms with E-state index in [1.807, 2.05) is 24.3 Å². The Morgan fingerprint density at radius 3 is 1.33 bits per heavy atom. The maximum atomic E-state index is 6.50. The molecule has 3 aromatic heterocycles. The first-order chi connectivity index (χ1) is 25.8. The highest BCUT2D eigenvalue weighted by Crippen LogP contribution is 2.43. The number of fused-ring (bicyclic) bond motifs is 6. The van der Waals surface area contributed by atoms with Gasteiger partial charge in [0.1, 0.15) is 17.4 Å². The third-order valence-electron chi connectivity index (χ3n) is 9.66. The fourth-order valence-electron chi connectivity index (χ4n) is 7.38. The summed E-state index contributed by atoms with van der Waals surface area (Å²) in [5, 5.41) is 3.15. The van der Waals surface area contributed by atoms with Crippen LogP contribution in [0.25, 0.3) is 49.7 Å². The van der Waals surface area contributed by atoms with Crippen molar-refractivity contribution in [1.29, 1.82) is 0 Å². The normalized spacial score (nSPS) is 11.5. The average molecular weight is 670 g/mol. The lowest BCUT2D eigenvalue weighted by atomic mass is 10.1. The van der Waals surface area contributed by atoms with E-state index in [9.17, 15) is 0 Å². The number of furan rings is 1. The largest absolute Gasteiger partial charge is 0.450 e. The lowest BCUT2D eigenvalue weighted by Crippen LogP contribution is -2.09. The van der Waals surface area contributed by atoms with Gasteiger partial charge in [-0.25, -0.2) is 9.97 Å². The molecule has 0 radical (unpaired) electrons. The molecule has 6 heteroatoms. The smallest absolute Gasteiger partial charge is 0.197 e. The summed E-state index contributed by atoms with van der Waals surface area (Å²) >= 11 is 0. The van der Waals surface area contributed by atoms with Gasteiger partial charge in [-0.2, -0.15) is 0 Å². The van der Waals surface area contributed by atoms with Gasteiger partial charge in [-0.1, -0.05) is 84.9 Å². The minimum atomic E-state index is 0.654. The summed E-state index contributed by atoms with van der Waals surface area (Å²) in [6, 6.07) is 63.4. The molecule has 6 nitrogen and oxygen atoms in total. The van der Waals surface area contributed by atoms with Crippen LogP contribution in [-0.4, -0.2) is 14.5 Å². The number of anilines is 6. The van der Waals surface area contributed by atoms with Crippen LogP contribution in [0.4, 0.5) is 34.1 Å². The minimum Gasteiger partial charge on any atom is -0.450 e. The summed E-state index contributed by atoms with van der Waals surface area (Å²) in [7, 11) is 0. The molecule has 0 saturated heterocycles. The summed E-state index contributed by atoms with van der Waals surface area (Å²) in [6.45, 7) is 0. The Kier molecular flexibility index (Phi) is 7.03. The Bertz CT molecular complexity index is 2630. The lowest BCUT2D eigenvalue weighted by Gasteiger charge is -2.26. The molecule has 0 aliphatic carbocycles. The first-order valence-corrected chi connectivity index (χ1v) is 17.3. The van der Waals surface area contributed by atoms with Crippen molar-refractivity contribution < 1.29 is 4.42 Å². The van der Waals surface area contributed by atoms with E-state index < -0.39 is 0 Å². The van der Waals surface area contributed by atoms with Crippen molar-refractivity contribution in [2.24, 2.45) is 0 Å². The predicted molar refractivity (Wildman–Crippen MR) is 213 cm³/mol. The van der Waals surface area contributed by atoms with Gasteiger partial charge in [-0.05, 0) is 97.1 Å².